The van der Waals surface area contributed by atoms with E-state index in [4.69, 9.17) is 11.2 Å². The Labute approximate surface area is 164 Å². The molecule has 0 spiro atoms. The first kappa shape index (κ1) is 21.3. The van der Waals surface area contributed by atoms with Crippen LogP contribution in [-0.4, -0.2) is 51.3 Å². The summed E-state index contributed by atoms with van der Waals surface area (Å²) < 4.78 is 5.51. The summed E-state index contributed by atoms with van der Waals surface area (Å²) in [5.74, 6) is 3.81. The minimum atomic E-state index is -0.495. The summed E-state index contributed by atoms with van der Waals surface area (Å²) in [6, 6.07) is 6.35. The third kappa shape index (κ3) is 5.72. The van der Waals surface area contributed by atoms with Crippen LogP contribution in [0.2, 0.25) is 0 Å². The molecule has 1 amide bonds. The molecule has 27 heavy (non-hydrogen) atoms. The molecule has 1 aromatic rings. The van der Waals surface area contributed by atoms with Crippen molar-refractivity contribution in [3.05, 3.63) is 29.3 Å². The van der Waals surface area contributed by atoms with E-state index in [1.54, 1.807) is 12.0 Å². The SMILES string of the molecule is C#CC(CC)(CC)NC(=O)C[NH+]1CC[NH+](Cc2cc(C)ccc2OC)CC1. The van der Waals surface area contributed by atoms with Crippen molar-refractivity contribution in [1.29, 1.82) is 0 Å². The van der Waals surface area contributed by atoms with Crippen molar-refractivity contribution in [2.45, 2.75) is 45.7 Å². The molecule has 1 heterocycles. The van der Waals surface area contributed by atoms with Crippen molar-refractivity contribution in [1.82, 2.24) is 5.32 Å². The lowest BCUT2D eigenvalue weighted by atomic mass is 9.94. The van der Waals surface area contributed by atoms with Gasteiger partial charge in [0.2, 0.25) is 0 Å². The summed E-state index contributed by atoms with van der Waals surface area (Å²) in [5, 5.41) is 3.08. The van der Waals surface area contributed by atoms with Gasteiger partial charge < -0.3 is 19.9 Å². The number of benzene rings is 1. The number of aryl methyl sites for hydroxylation is 1. The third-order valence-corrected chi connectivity index (χ3v) is 5.81. The Kier molecular flexibility index (Phi) is 7.70. The van der Waals surface area contributed by atoms with E-state index in [1.165, 1.54) is 16.0 Å². The van der Waals surface area contributed by atoms with Crippen LogP contribution in [0.1, 0.15) is 37.8 Å². The summed E-state index contributed by atoms with van der Waals surface area (Å²) >= 11 is 0. The first-order chi connectivity index (χ1) is 12.9. The molecule has 0 atom stereocenters. The molecule has 0 bridgehead atoms. The lowest BCUT2D eigenvalue weighted by molar-refractivity contribution is -1.02. The quantitative estimate of drug-likeness (QED) is 0.543. The second kappa shape index (κ2) is 9.77. The lowest BCUT2D eigenvalue weighted by Crippen LogP contribution is -3.28. The molecule has 0 radical (unpaired) electrons. The highest BCUT2D eigenvalue weighted by atomic mass is 16.5. The molecule has 0 aromatic heterocycles. The van der Waals surface area contributed by atoms with Crippen molar-refractivity contribution in [2.24, 2.45) is 0 Å². The maximum absolute atomic E-state index is 12.4. The number of ether oxygens (including phenoxy) is 1. The highest BCUT2D eigenvalue weighted by Gasteiger charge is 2.29. The predicted octanol–water partition coefficient (Wildman–Crippen LogP) is -0.405. The maximum Gasteiger partial charge on any atom is 0.276 e. The normalized spacial score (nSPS) is 20.0. The minimum Gasteiger partial charge on any atom is -0.496 e. The van der Waals surface area contributed by atoms with Crippen LogP contribution in [0.5, 0.6) is 5.75 Å². The van der Waals surface area contributed by atoms with Crippen LogP contribution in [0.4, 0.5) is 0 Å². The first-order valence-corrected chi connectivity index (χ1v) is 10.0. The van der Waals surface area contributed by atoms with Gasteiger partial charge in [0.25, 0.3) is 5.91 Å². The Morgan fingerprint density at radius 3 is 2.41 bits per heavy atom. The van der Waals surface area contributed by atoms with Crippen LogP contribution in [0.3, 0.4) is 0 Å². The number of rotatable bonds is 8. The van der Waals surface area contributed by atoms with Gasteiger partial charge in [-0.3, -0.25) is 4.79 Å². The van der Waals surface area contributed by atoms with Crippen LogP contribution in [0.15, 0.2) is 18.2 Å². The molecule has 5 heteroatoms. The summed E-state index contributed by atoms with van der Waals surface area (Å²) in [5.41, 5.74) is 2.03. The number of piperazine rings is 1. The highest BCUT2D eigenvalue weighted by molar-refractivity contribution is 5.78. The maximum atomic E-state index is 12.4. The van der Waals surface area contributed by atoms with Crippen LogP contribution < -0.4 is 19.9 Å². The number of hydrogen-bond acceptors (Lipinski definition) is 2. The Morgan fingerprint density at radius 1 is 1.22 bits per heavy atom. The molecule has 1 aliphatic heterocycles. The van der Waals surface area contributed by atoms with Gasteiger partial charge in [-0.25, -0.2) is 0 Å². The second-order valence-electron chi connectivity index (χ2n) is 7.65. The van der Waals surface area contributed by atoms with Gasteiger partial charge in [0.05, 0.1) is 7.11 Å². The molecule has 1 saturated heterocycles. The number of nitrogens with one attached hydrogen (secondary N) is 3. The topological polar surface area (TPSA) is 47.2 Å². The largest absolute Gasteiger partial charge is 0.496 e. The third-order valence-electron chi connectivity index (χ3n) is 5.81. The van der Waals surface area contributed by atoms with E-state index >= 15 is 0 Å². The summed E-state index contributed by atoms with van der Waals surface area (Å²) in [6.07, 6.45) is 7.17. The molecule has 2 rings (SSSR count). The van der Waals surface area contributed by atoms with Gasteiger partial charge in [-0.05, 0) is 31.9 Å². The van der Waals surface area contributed by atoms with E-state index in [0.29, 0.717) is 6.54 Å². The van der Waals surface area contributed by atoms with E-state index in [0.717, 1.165) is 51.3 Å². The second-order valence-corrected chi connectivity index (χ2v) is 7.65. The van der Waals surface area contributed by atoms with E-state index in [2.05, 4.69) is 36.4 Å². The molecule has 0 unspecified atom stereocenters. The van der Waals surface area contributed by atoms with Gasteiger partial charge in [0.1, 0.15) is 44.0 Å². The average molecular weight is 374 g/mol. The molecule has 1 aliphatic rings. The lowest BCUT2D eigenvalue weighted by Gasteiger charge is -2.31. The summed E-state index contributed by atoms with van der Waals surface area (Å²) in [4.78, 5) is 15.3. The van der Waals surface area contributed by atoms with Crippen LogP contribution in [0.25, 0.3) is 0 Å². The van der Waals surface area contributed by atoms with E-state index in [-0.39, 0.29) is 5.91 Å². The smallest absolute Gasteiger partial charge is 0.276 e. The van der Waals surface area contributed by atoms with Gasteiger partial charge >= 0.3 is 0 Å². The Hall–Kier alpha value is -2.03. The predicted molar refractivity (Wildman–Crippen MR) is 108 cm³/mol. The monoisotopic (exact) mass is 373 g/mol. The number of terminal acetylenes is 1. The van der Waals surface area contributed by atoms with Crippen molar-refractivity contribution < 1.29 is 19.3 Å². The van der Waals surface area contributed by atoms with Crippen LogP contribution >= 0.6 is 0 Å². The number of quaternary nitrogens is 2. The van der Waals surface area contributed by atoms with Crippen LogP contribution in [0, 0.1) is 19.3 Å². The molecular formula is C22H35N3O2+2. The molecule has 1 fully saturated rings. The van der Waals surface area contributed by atoms with Crippen molar-refractivity contribution >= 4 is 5.91 Å². The molecule has 0 aliphatic carbocycles. The number of carbonyl (C=O) groups is 1. The van der Waals surface area contributed by atoms with Crippen molar-refractivity contribution in [3.8, 4) is 18.1 Å². The van der Waals surface area contributed by atoms with E-state index < -0.39 is 5.54 Å². The zero-order valence-electron chi connectivity index (χ0n) is 17.3. The Morgan fingerprint density at radius 2 is 1.85 bits per heavy atom. The van der Waals surface area contributed by atoms with Gasteiger partial charge in [0, 0.05) is 5.56 Å². The molecular weight excluding hydrogens is 338 g/mol. The minimum absolute atomic E-state index is 0.0652. The molecule has 3 N–H and O–H groups in total. The van der Waals surface area contributed by atoms with Gasteiger partial charge in [-0.1, -0.05) is 31.4 Å². The number of hydrogen-bond donors (Lipinski definition) is 3. The fourth-order valence-corrected chi connectivity index (χ4v) is 3.83. The average Bonchev–Trinajstić information content (AvgIpc) is 2.68. The Balaban J connectivity index is 1.84. The molecule has 0 saturated carbocycles. The number of amides is 1. The van der Waals surface area contributed by atoms with Gasteiger partial charge in [-0.2, -0.15) is 0 Å². The summed E-state index contributed by atoms with van der Waals surface area (Å²) in [6.45, 7) is 11.7. The highest BCUT2D eigenvalue weighted by Crippen LogP contribution is 2.18. The van der Waals surface area contributed by atoms with Crippen LogP contribution in [-0.2, 0) is 11.3 Å². The number of carbonyl (C=O) groups excluding carboxylic acids is 1. The summed E-state index contributed by atoms with van der Waals surface area (Å²) in [7, 11) is 1.73. The number of methoxy groups -OCH3 is 1. The fourth-order valence-electron chi connectivity index (χ4n) is 3.83. The van der Waals surface area contributed by atoms with Crippen molar-refractivity contribution in [3.63, 3.8) is 0 Å². The molecule has 5 nitrogen and oxygen atoms in total. The van der Waals surface area contributed by atoms with E-state index in [9.17, 15) is 4.79 Å². The fraction of sp³-hybridized carbons (Fsp3) is 0.591. The standard InChI is InChI=1S/C22H33N3O2/c1-6-22(7-2,8-3)23-21(26)17-25-13-11-24(12-14-25)16-19-15-18(4)9-10-20(19)27-5/h1,9-10,15H,7-8,11-14,16-17H2,2-5H3,(H,23,26)/p+2. The first-order valence-electron chi connectivity index (χ1n) is 10.0. The zero-order valence-corrected chi connectivity index (χ0v) is 17.3. The zero-order chi connectivity index (χ0) is 19.9. The van der Waals surface area contributed by atoms with Crippen molar-refractivity contribution in [2.75, 3.05) is 39.8 Å². The molecule has 1 aromatic carbocycles. The Bertz CT molecular complexity index is 669. The van der Waals surface area contributed by atoms with Gasteiger partial charge in [-0.15, -0.1) is 6.42 Å². The van der Waals surface area contributed by atoms with E-state index in [1.807, 2.05) is 13.8 Å². The molecule has 148 valence electrons. The van der Waals surface area contributed by atoms with Gasteiger partial charge in [0.15, 0.2) is 6.54 Å².